The van der Waals surface area contributed by atoms with Crippen molar-refractivity contribution in [1.82, 2.24) is 0 Å². The molecule has 0 spiro atoms. The van der Waals surface area contributed by atoms with E-state index in [4.69, 9.17) is 10.8 Å². The van der Waals surface area contributed by atoms with E-state index in [0.717, 1.165) is 25.3 Å². The maximum atomic E-state index is 13.3. The van der Waals surface area contributed by atoms with Crippen LogP contribution in [-0.4, -0.2) is 28.8 Å². The van der Waals surface area contributed by atoms with Crippen LogP contribution in [0.2, 0.25) is 0 Å². The van der Waals surface area contributed by atoms with Crippen LogP contribution in [0.25, 0.3) is 0 Å². The Balaban J connectivity index is 2.16. The number of hydrogen-bond acceptors (Lipinski definition) is 4. The molecular weight excluding hydrogens is 251 g/mol. The average molecular weight is 268 g/mol. The summed E-state index contributed by atoms with van der Waals surface area (Å²) in [6, 6.07) is 2.49. The van der Waals surface area contributed by atoms with Gasteiger partial charge in [0.25, 0.3) is 0 Å². The van der Waals surface area contributed by atoms with E-state index in [0.29, 0.717) is 6.54 Å². The summed E-state index contributed by atoms with van der Waals surface area (Å²) in [6.07, 6.45) is 2.26. The molecule has 2 unspecified atom stereocenters. The molecule has 0 aromatic heterocycles. The van der Waals surface area contributed by atoms with Gasteiger partial charge in [-0.25, -0.2) is 9.18 Å². The fourth-order valence-electron chi connectivity index (χ4n) is 2.47. The number of nitrogens with two attached hydrogens (primary N) is 1. The van der Waals surface area contributed by atoms with Crippen LogP contribution in [0.4, 0.5) is 15.8 Å². The number of halogens is 1. The molecule has 5 nitrogen and oxygen atoms in total. The SMILES string of the molecule is Nc1c(F)ccc(NCC2CCCC2O)c1C(=O)O. The molecule has 0 radical (unpaired) electrons. The third-order valence-electron chi connectivity index (χ3n) is 3.58. The highest BCUT2D eigenvalue weighted by Crippen LogP contribution is 2.28. The molecule has 1 aliphatic rings. The normalized spacial score (nSPS) is 22.4. The zero-order valence-electron chi connectivity index (χ0n) is 10.4. The number of hydrogen-bond donors (Lipinski definition) is 4. The van der Waals surface area contributed by atoms with E-state index in [2.05, 4.69) is 5.32 Å². The number of carboxylic acids is 1. The second kappa shape index (κ2) is 5.44. The first-order chi connectivity index (χ1) is 9.00. The van der Waals surface area contributed by atoms with Gasteiger partial charge in [0.05, 0.1) is 17.5 Å². The van der Waals surface area contributed by atoms with Gasteiger partial charge >= 0.3 is 5.97 Å². The number of anilines is 2. The van der Waals surface area contributed by atoms with Crippen molar-refractivity contribution < 1.29 is 19.4 Å². The fraction of sp³-hybridized carbons (Fsp3) is 0.462. The molecular formula is C13H17FN2O3. The van der Waals surface area contributed by atoms with Crippen molar-refractivity contribution in [2.75, 3.05) is 17.6 Å². The van der Waals surface area contributed by atoms with Gasteiger partial charge in [0.1, 0.15) is 11.4 Å². The first kappa shape index (κ1) is 13.6. The maximum absolute atomic E-state index is 13.3. The van der Waals surface area contributed by atoms with Crippen molar-refractivity contribution >= 4 is 17.3 Å². The van der Waals surface area contributed by atoms with Gasteiger partial charge in [0.15, 0.2) is 0 Å². The van der Waals surface area contributed by atoms with Crippen LogP contribution < -0.4 is 11.1 Å². The number of carbonyl (C=O) groups is 1. The lowest BCUT2D eigenvalue weighted by atomic mass is 10.1. The topological polar surface area (TPSA) is 95.6 Å². The number of carboxylic acid groups (broad SMARTS) is 1. The van der Waals surface area contributed by atoms with E-state index in [9.17, 15) is 14.3 Å². The Morgan fingerprint density at radius 1 is 1.47 bits per heavy atom. The highest BCUT2D eigenvalue weighted by molar-refractivity contribution is 6.00. The number of nitrogen functional groups attached to an aromatic ring is 1. The molecule has 0 heterocycles. The summed E-state index contributed by atoms with van der Waals surface area (Å²) in [6.45, 7) is 0.451. The van der Waals surface area contributed by atoms with Gasteiger partial charge in [0, 0.05) is 12.5 Å². The lowest BCUT2D eigenvalue weighted by Gasteiger charge is -2.17. The molecule has 0 amide bonds. The molecule has 1 fully saturated rings. The van der Waals surface area contributed by atoms with Crippen molar-refractivity contribution in [2.24, 2.45) is 5.92 Å². The van der Waals surface area contributed by atoms with Crippen LogP contribution in [0.3, 0.4) is 0 Å². The van der Waals surface area contributed by atoms with Crippen LogP contribution in [0.5, 0.6) is 0 Å². The Morgan fingerprint density at radius 2 is 2.21 bits per heavy atom. The van der Waals surface area contributed by atoms with E-state index in [1.807, 2.05) is 0 Å². The minimum atomic E-state index is -1.27. The minimum absolute atomic E-state index is 0.0907. The van der Waals surface area contributed by atoms with E-state index in [1.165, 1.54) is 6.07 Å². The van der Waals surface area contributed by atoms with Crippen molar-refractivity contribution in [2.45, 2.75) is 25.4 Å². The summed E-state index contributed by atoms with van der Waals surface area (Å²) >= 11 is 0. The zero-order chi connectivity index (χ0) is 14.0. The molecule has 2 rings (SSSR count). The molecule has 104 valence electrons. The molecule has 2 atom stereocenters. The second-order valence-corrected chi connectivity index (χ2v) is 4.83. The lowest BCUT2D eigenvalue weighted by Crippen LogP contribution is -2.23. The largest absolute Gasteiger partial charge is 0.478 e. The third-order valence-corrected chi connectivity index (χ3v) is 3.58. The van der Waals surface area contributed by atoms with Crippen LogP contribution in [0.1, 0.15) is 29.6 Å². The average Bonchev–Trinajstić information content (AvgIpc) is 2.76. The molecule has 5 N–H and O–H groups in total. The number of aromatic carboxylic acids is 1. The standard InChI is InChI=1S/C13H17FN2O3/c14-8-4-5-9(11(12(8)15)13(18)19)16-6-7-2-1-3-10(7)17/h4-5,7,10,16-17H,1-3,6,15H2,(H,18,19). The van der Waals surface area contributed by atoms with Crippen LogP contribution in [0.15, 0.2) is 12.1 Å². The van der Waals surface area contributed by atoms with Gasteiger partial charge in [0.2, 0.25) is 0 Å². The first-order valence-electron chi connectivity index (χ1n) is 6.24. The summed E-state index contributed by atoms with van der Waals surface area (Å²) in [7, 11) is 0. The van der Waals surface area contributed by atoms with Crippen LogP contribution in [0, 0.1) is 11.7 Å². The molecule has 1 aliphatic carbocycles. The van der Waals surface area contributed by atoms with E-state index >= 15 is 0 Å². The van der Waals surface area contributed by atoms with Crippen molar-refractivity contribution in [3.05, 3.63) is 23.5 Å². The Kier molecular flexibility index (Phi) is 3.90. The molecule has 0 saturated heterocycles. The number of benzene rings is 1. The molecule has 1 aromatic carbocycles. The van der Waals surface area contributed by atoms with Crippen LogP contribution >= 0.6 is 0 Å². The minimum Gasteiger partial charge on any atom is -0.478 e. The molecule has 6 heteroatoms. The summed E-state index contributed by atoms with van der Waals surface area (Å²) in [5.74, 6) is -1.93. The molecule has 1 aromatic rings. The Hall–Kier alpha value is -1.82. The Labute approximate surface area is 110 Å². The van der Waals surface area contributed by atoms with E-state index in [1.54, 1.807) is 0 Å². The van der Waals surface area contributed by atoms with Crippen molar-refractivity contribution in [1.29, 1.82) is 0 Å². The van der Waals surface area contributed by atoms with E-state index in [-0.39, 0.29) is 29.0 Å². The summed E-state index contributed by atoms with van der Waals surface area (Å²) in [5.41, 5.74) is 5.11. The fourth-order valence-corrected chi connectivity index (χ4v) is 2.47. The molecule has 1 saturated carbocycles. The number of nitrogens with one attached hydrogen (secondary N) is 1. The Bertz CT molecular complexity index is 493. The van der Waals surface area contributed by atoms with Crippen LogP contribution in [-0.2, 0) is 0 Å². The second-order valence-electron chi connectivity index (χ2n) is 4.83. The smallest absolute Gasteiger partial charge is 0.340 e. The number of aliphatic hydroxyl groups is 1. The van der Waals surface area contributed by atoms with Crippen molar-refractivity contribution in [3.63, 3.8) is 0 Å². The van der Waals surface area contributed by atoms with Crippen molar-refractivity contribution in [3.8, 4) is 0 Å². The zero-order valence-corrected chi connectivity index (χ0v) is 10.4. The highest BCUT2D eigenvalue weighted by Gasteiger charge is 2.25. The predicted molar refractivity (Wildman–Crippen MR) is 69.6 cm³/mol. The Morgan fingerprint density at radius 3 is 2.79 bits per heavy atom. The number of aliphatic hydroxyl groups excluding tert-OH is 1. The predicted octanol–water partition coefficient (Wildman–Crippen LogP) is 1.68. The lowest BCUT2D eigenvalue weighted by molar-refractivity contribution is 0.0698. The third kappa shape index (κ3) is 2.78. The quantitative estimate of drug-likeness (QED) is 0.623. The summed E-state index contributed by atoms with van der Waals surface area (Å²) in [5, 5.41) is 21.7. The number of rotatable bonds is 4. The van der Waals surface area contributed by atoms with Gasteiger partial charge in [-0.1, -0.05) is 6.42 Å². The van der Waals surface area contributed by atoms with E-state index < -0.39 is 11.8 Å². The molecule has 0 aliphatic heterocycles. The molecule has 19 heavy (non-hydrogen) atoms. The van der Waals surface area contributed by atoms with Gasteiger partial charge < -0.3 is 21.3 Å². The maximum Gasteiger partial charge on any atom is 0.340 e. The highest BCUT2D eigenvalue weighted by atomic mass is 19.1. The monoisotopic (exact) mass is 268 g/mol. The summed E-state index contributed by atoms with van der Waals surface area (Å²) in [4.78, 5) is 11.1. The van der Waals surface area contributed by atoms with Gasteiger partial charge in [-0.3, -0.25) is 0 Å². The first-order valence-corrected chi connectivity index (χ1v) is 6.24. The van der Waals surface area contributed by atoms with Gasteiger partial charge in [-0.15, -0.1) is 0 Å². The molecule has 0 bridgehead atoms. The van der Waals surface area contributed by atoms with Gasteiger partial charge in [-0.2, -0.15) is 0 Å². The van der Waals surface area contributed by atoms with Gasteiger partial charge in [-0.05, 0) is 25.0 Å². The summed E-state index contributed by atoms with van der Waals surface area (Å²) < 4.78 is 13.3.